The average molecular weight is 302 g/mol. The largest absolute Gasteiger partial charge is 0.356 e. The lowest BCUT2D eigenvalue weighted by Gasteiger charge is -2.31. The molecule has 0 spiro atoms. The van der Waals surface area contributed by atoms with E-state index in [0.29, 0.717) is 5.82 Å². The second-order valence-electron chi connectivity index (χ2n) is 5.54. The standard InChI is InChI=1S/C14H18N6O2/c1-9-2-4-20(5-3-9)12-6-11(16-8-17-12)19-13(21)10-7-15-14(22)18-10/h6-9H,2-5H2,1H3,(H2,15,18,22)(H,16,17,19,21). The van der Waals surface area contributed by atoms with Gasteiger partial charge in [-0.2, -0.15) is 0 Å². The predicted molar refractivity (Wildman–Crippen MR) is 82.0 cm³/mol. The molecular formula is C14H18N6O2. The minimum Gasteiger partial charge on any atom is -0.356 e. The van der Waals surface area contributed by atoms with Crippen molar-refractivity contribution in [3.05, 3.63) is 34.8 Å². The molecule has 8 nitrogen and oxygen atoms in total. The van der Waals surface area contributed by atoms with Crippen LogP contribution in [0.15, 0.2) is 23.4 Å². The van der Waals surface area contributed by atoms with E-state index in [0.717, 1.165) is 37.7 Å². The van der Waals surface area contributed by atoms with Gasteiger partial charge < -0.3 is 20.2 Å². The molecule has 0 saturated carbocycles. The highest BCUT2D eigenvalue weighted by atomic mass is 16.2. The third kappa shape index (κ3) is 3.16. The van der Waals surface area contributed by atoms with Gasteiger partial charge in [-0.1, -0.05) is 6.92 Å². The van der Waals surface area contributed by atoms with Gasteiger partial charge in [-0.05, 0) is 18.8 Å². The lowest BCUT2D eigenvalue weighted by molar-refractivity contribution is 0.102. The summed E-state index contributed by atoms with van der Waals surface area (Å²) in [7, 11) is 0. The molecule has 1 saturated heterocycles. The van der Waals surface area contributed by atoms with Gasteiger partial charge in [0.1, 0.15) is 23.7 Å². The van der Waals surface area contributed by atoms with Crippen LogP contribution in [0.3, 0.4) is 0 Å². The lowest BCUT2D eigenvalue weighted by Crippen LogP contribution is -2.33. The molecule has 116 valence electrons. The Labute approximate surface area is 127 Å². The molecule has 2 aromatic heterocycles. The van der Waals surface area contributed by atoms with Gasteiger partial charge in [-0.25, -0.2) is 14.8 Å². The highest BCUT2D eigenvalue weighted by Gasteiger charge is 2.18. The van der Waals surface area contributed by atoms with Crippen molar-refractivity contribution in [1.29, 1.82) is 0 Å². The zero-order chi connectivity index (χ0) is 15.5. The van der Waals surface area contributed by atoms with E-state index in [9.17, 15) is 9.59 Å². The van der Waals surface area contributed by atoms with E-state index in [-0.39, 0.29) is 5.69 Å². The number of hydrogen-bond donors (Lipinski definition) is 3. The Kier molecular flexibility index (Phi) is 3.90. The Hall–Kier alpha value is -2.64. The first-order chi connectivity index (χ1) is 10.6. The van der Waals surface area contributed by atoms with E-state index in [1.54, 1.807) is 6.07 Å². The van der Waals surface area contributed by atoms with Crippen molar-refractivity contribution in [2.24, 2.45) is 5.92 Å². The number of piperidine rings is 1. The number of H-pyrrole nitrogens is 2. The number of aromatic amines is 2. The molecule has 0 bridgehead atoms. The molecule has 0 unspecified atom stereocenters. The van der Waals surface area contributed by atoms with Crippen molar-refractivity contribution in [1.82, 2.24) is 19.9 Å². The number of aromatic nitrogens is 4. The Bertz CT molecular complexity index is 714. The number of anilines is 2. The molecule has 1 fully saturated rings. The van der Waals surface area contributed by atoms with Crippen molar-refractivity contribution < 1.29 is 4.79 Å². The Morgan fingerprint density at radius 3 is 2.82 bits per heavy atom. The molecule has 8 heteroatoms. The Balaban J connectivity index is 1.71. The van der Waals surface area contributed by atoms with E-state index >= 15 is 0 Å². The summed E-state index contributed by atoms with van der Waals surface area (Å²) in [6.45, 7) is 4.16. The van der Waals surface area contributed by atoms with Crippen LogP contribution in [0, 0.1) is 5.92 Å². The number of hydrogen-bond acceptors (Lipinski definition) is 5. The molecule has 1 amide bonds. The van der Waals surface area contributed by atoms with Crippen molar-refractivity contribution in [3.8, 4) is 0 Å². The van der Waals surface area contributed by atoms with Crippen LogP contribution in [0.2, 0.25) is 0 Å². The minimum absolute atomic E-state index is 0.164. The van der Waals surface area contributed by atoms with Gasteiger partial charge >= 0.3 is 5.69 Å². The fraction of sp³-hybridized carbons (Fsp3) is 0.429. The van der Waals surface area contributed by atoms with Crippen LogP contribution in [0.4, 0.5) is 11.6 Å². The smallest absolute Gasteiger partial charge is 0.323 e. The van der Waals surface area contributed by atoms with Gasteiger partial charge in [0.05, 0.1) is 0 Å². The van der Waals surface area contributed by atoms with Gasteiger partial charge in [0, 0.05) is 25.4 Å². The van der Waals surface area contributed by atoms with Crippen LogP contribution in [-0.4, -0.2) is 38.9 Å². The second kappa shape index (κ2) is 6.00. The van der Waals surface area contributed by atoms with E-state index in [4.69, 9.17) is 0 Å². The molecule has 2 aromatic rings. The first-order valence-corrected chi connectivity index (χ1v) is 7.28. The Morgan fingerprint density at radius 1 is 1.36 bits per heavy atom. The number of rotatable bonds is 3. The SMILES string of the molecule is CC1CCN(c2cc(NC(=O)c3c[nH]c(=O)[nH]3)ncn2)CC1. The molecule has 0 aliphatic carbocycles. The number of imidazole rings is 1. The van der Waals surface area contributed by atoms with E-state index in [2.05, 4.69) is 37.1 Å². The lowest BCUT2D eigenvalue weighted by atomic mass is 9.99. The number of nitrogens with zero attached hydrogens (tertiary/aromatic N) is 3. The summed E-state index contributed by atoms with van der Waals surface area (Å²) < 4.78 is 0. The third-order valence-corrected chi connectivity index (χ3v) is 3.84. The minimum atomic E-state index is -0.421. The normalized spacial score (nSPS) is 15.8. The molecule has 22 heavy (non-hydrogen) atoms. The Morgan fingerprint density at radius 2 is 2.14 bits per heavy atom. The van der Waals surface area contributed by atoms with Gasteiger partial charge in [0.15, 0.2) is 0 Å². The summed E-state index contributed by atoms with van der Waals surface area (Å²) in [5, 5.41) is 2.65. The molecule has 1 aliphatic rings. The van der Waals surface area contributed by atoms with Crippen LogP contribution in [0.25, 0.3) is 0 Å². The summed E-state index contributed by atoms with van der Waals surface area (Å²) in [5.41, 5.74) is -0.257. The van der Waals surface area contributed by atoms with Crippen LogP contribution < -0.4 is 15.9 Å². The van der Waals surface area contributed by atoms with E-state index in [1.165, 1.54) is 12.5 Å². The zero-order valence-electron chi connectivity index (χ0n) is 12.3. The quantitative estimate of drug-likeness (QED) is 0.783. The van der Waals surface area contributed by atoms with Crippen molar-refractivity contribution >= 4 is 17.5 Å². The maximum atomic E-state index is 12.0. The van der Waals surface area contributed by atoms with Crippen LogP contribution >= 0.6 is 0 Å². The third-order valence-electron chi connectivity index (χ3n) is 3.84. The molecule has 0 radical (unpaired) electrons. The summed E-state index contributed by atoms with van der Waals surface area (Å²) in [4.78, 5) is 38.3. The fourth-order valence-electron chi connectivity index (χ4n) is 2.46. The van der Waals surface area contributed by atoms with Crippen LogP contribution in [0.1, 0.15) is 30.3 Å². The van der Waals surface area contributed by atoms with Crippen LogP contribution in [0.5, 0.6) is 0 Å². The molecule has 3 rings (SSSR count). The number of carbonyl (C=O) groups is 1. The molecule has 0 atom stereocenters. The summed E-state index contributed by atoms with van der Waals surface area (Å²) in [6, 6.07) is 1.75. The molecule has 3 heterocycles. The predicted octanol–water partition coefficient (Wildman–Crippen LogP) is 0.982. The first kappa shape index (κ1) is 14.3. The average Bonchev–Trinajstić information content (AvgIpc) is 2.95. The zero-order valence-corrected chi connectivity index (χ0v) is 12.3. The summed E-state index contributed by atoms with van der Waals surface area (Å²) in [6.07, 6.45) is 5.03. The molecule has 3 N–H and O–H groups in total. The first-order valence-electron chi connectivity index (χ1n) is 7.28. The summed E-state index contributed by atoms with van der Waals surface area (Å²) >= 11 is 0. The number of amides is 1. The number of carbonyl (C=O) groups excluding carboxylic acids is 1. The topological polar surface area (TPSA) is 107 Å². The monoisotopic (exact) mass is 302 g/mol. The molecular weight excluding hydrogens is 284 g/mol. The van der Waals surface area contributed by atoms with Crippen molar-refractivity contribution in [3.63, 3.8) is 0 Å². The van der Waals surface area contributed by atoms with Gasteiger partial charge in [-0.15, -0.1) is 0 Å². The maximum Gasteiger partial charge on any atom is 0.323 e. The highest BCUT2D eigenvalue weighted by molar-refractivity contribution is 6.02. The van der Waals surface area contributed by atoms with Crippen molar-refractivity contribution in [2.45, 2.75) is 19.8 Å². The second-order valence-corrected chi connectivity index (χ2v) is 5.54. The van der Waals surface area contributed by atoms with Crippen molar-refractivity contribution in [2.75, 3.05) is 23.3 Å². The van der Waals surface area contributed by atoms with Gasteiger partial charge in [0.2, 0.25) is 0 Å². The van der Waals surface area contributed by atoms with Gasteiger partial charge in [-0.3, -0.25) is 4.79 Å². The fourth-order valence-corrected chi connectivity index (χ4v) is 2.46. The molecule has 1 aliphatic heterocycles. The number of nitrogens with one attached hydrogen (secondary N) is 3. The van der Waals surface area contributed by atoms with E-state index in [1.807, 2.05) is 0 Å². The highest BCUT2D eigenvalue weighted by Crippen LogP contribution is 2.22. The maximum absolute atomic E-state index is 12.0. The summed E-state index contributed by atoms with van der Waals surface area (Å²) in [5.74, 6) is 1.54. The van der Waals surface area contributed by atoms with Gasteiger partial charge in [0.25, 0.3) is 5.91 Å². The van der Waals surface area contributed by atoms with E-state index < -0.39 is 11.6 Å². The molecule has 0 aromatic carbocycles. The van der Waals surface area contributed by atoms with Crippen LogP contribution in [-0.2, 0) is 0 Å².